The molecule has 0 radical (unpaired) electrons. The molecule has 1 N–H and O–H groups in total. The number of hydrogen-bond donors (Lipinski definition) is 1. The maximum atomic E-state index is 13.9. The second kappa shape index (κ2) is 5.98. The summed E-state index contributed by atoms with van der Waals surface area (Å²) in [5, 5.41) is 11.1. The second-order valence-corrected chi connectivity index (χ2v) is 5.65. The normalized spacial score (nSPS) is 17.5. The highest BCUT2D eigenvalue weighted by Gasteiger charge is 2.27. The van der Waals surface area contributed by atoms with Crippen molar-refractivity contribution in [2.75, 3.05) is 0 Å². The van der Waals surface area contributed by atoms with Crippen molar-refractivity contribution >= 4 is 21.8 Å². The summed E-state index contributed by atoms with van der Waals surface area (Å²) in [7, 11) is 0. The molecule has 1 heterocycles. The fraction of sp³-hybridized carbons (Fsp3) is 0.0625. The van der Waals surface area contributed by atoms with Crippen molar-refractivity contribution in [3.05, 3.63) is 82.0 Å². The van der Waals surface area contributed by atoms with Gasteiger partial charge in [-0.15, -0.1) is 0 Å². The van der Waals surface area contributed by atoms with Gasteiger partial charge in [-0.1, -0.05) is 34.1 Å². The summed E-state index contributed by atoms with van der Waals surface area (Å²) in [6.07, 6.45) is 3.08. The first kappa shape index (κ1) is 14.9. The minimum atomic E-state index is -0.775. The van der Waals surface area contributed by atoms with E-state index in [4.69, 9.17) is 0 Å². The molecule has 2 aromatic carbocycles. The van der Waals surface area contributed by atoms with Crippen LogP contribution in [0.15, 0.2) is 64.2 Å². The molecule has 3 rings (SSSR count). The van der Waals surface area contributed by atoms with Gasteiger partial charge >= 0.3 is 0 Å². The third-order valence-corrected chi connectivity index (χ3v) is 3.87. The summed E-state index contributed by atoms with van der Waals surface area (Å²) in [5.41, 5.74) is 0.419. The molecule has 22 heavy (non-hydrogen) atoms. The zero-order valence-electron chi connectivity index (χ0n) is 11.2. The number of hydrogen-bond acceptors (Lipinski definition) is 3. The Balaban J connectivity index is 2.00. The third kappa shape index (κ3) is 2.67. The van der Waals surface area contributed by atoms with Gasteiger partial charge in [-0.3, -0.25) is 5.21 Å². The summed E-state index contributed by atoms with van der Waals surface area (Å²) in [5.74, 6) is -1.71. The van der Waals surface area contributed by atoms with Crippen molar-refractivity contribution in [1.29, 1.82) is 0 Å². The number of rotatable bonds is 2. The lowest BCUT2D eigenvalue weighted by Gasteiger charge is -2.29. The molecule has 1 atom stereocenters. The summed E-state index contributed by atoms with van der Waals surface area (Å²) in [6.45, 7) is 0. The van der Waals surface area contributed by atoms with Gasteiger partial charge in [-0.05, 0) is 35.9 Å². The van der Waals surface area contributed by atoms with Crippen LogP contribution in [0.3, 0.4) is 0 Å². The van der Waals surface area contributed by atoms with E-state index in [1.807, 2.05) is 24.3 Å². The van der Waals surface area contributed by atoms with Crippen LogP contribution in [0.25, 0.3) is 0 Å². The van der Waals surface area contributed by atoms with Gasteiger partial charge in [0.15, 0.2) is 5.84 Å². The summed E-state index contributed by atoms with van der Waals surface area (Å²) >= 11 is 3.34. The Labute approximate surface area is 134 Å². The van der Waals surface area contributed by atoms with Crippen LogP contribution in [0.1, 0.15) is 17.2 Å². The molecule has 1 unspecified atom stereocenters. The van der Waals surface area contributed by atoms with Crippen LogP contribution in [0.4, 0.5) is 8.78 Å². The van der Waals surface area contributed by atoms with E-state index in [9.17, 15) is 14.0 Å². The van der Waals surface area contributed by atoms with E-state index in [1.165, 1.54) is 12.3 Å². The van der Waals surface area contributed by atoms with Crippen LogP contribution in [0.2, 0.25) is 0 Å². The topological polar surface area (TPSA) is 35.8 Å². The Hall–Kier alpha value is -2.05. The Morgan fingerprint density at radius 2 is 1.68 bits per heavy atom. The molecular formula is C16H11BrF2N2O. The molecule has 0 aliphatic carbocycles. The lowest BCUT2D eigenvalue weighted by atomic mass is 10.0. The minimum Gasteiger partial charge on any atom is -0.286 e. The molecule has 0 spiro atoms. The first-order valence-electron chi connectivity index (χ1n) is 6.50. The van der Waals surface area contributed by atoms with E-state index in [-0.39, 0.29) is 11.4 Å². The van der Waals surface area contributed by atoms with Crippen molar-refractivity contribution in [2.45, 2.75) is 6.04 Å². The molecule has 0 saturated heterocycles. The monoisotopic (exact) mass is 364 g/mol. The van der Waals surface area contributed by atoms with Crippen LogP contribution in [0.5, 0.6) is 0 Å². The second-order valence-electron chi connectivity index (χ2n) is 4.73. The number of halogens is 3. The van der Waals surface area contributed by atoms with Gasteiger partial charge in [0.2, 0.25) is 0 Å². The predicted octanol–water partition coefficient (Wildman–Crippen LogP) is 4.43. The van der Waals surface area contributed by atoms with Gasteiger partial charge in [0, 0.05) is 10.7 Å². The Morgan fingerprint density at radius 1 is 1.05 bits per heavy atom. The molecule has 0 fully saturated rings. The zero-order valence-corrected chi connectivity index (χ0v) is 12.8. The maximum Gasteiger partial charge on any atom is 0.166 e. The molecule has 0 aromatic heterocycles. The van der Waals surface area contributed by atoms with Gasteiger partial charge in [0.05, 0.1) is 5.56 Å². The molecule has 3 nitrogen and oxygen atoms in total. The molecule has 1 aliphatic heterocycles. The Bertz CT molecular complexity index is 739. The first-order valence-corrected chi connectivity index (χ1v) is 7.29. The summed E-state index contributed by atoms with van der Waals surface area (Å²) < 4.78 is 28.7. The average molecular weight is 365 g/mol. The van der Waals surface area contributed by atoms with Gasteiger partial charge < -0.3 is 0 Å². The quantitative estimate of drug-likeness (QED) is 0.855. The first-order chi connectivity index (χ1) is 10.6. The van der Waals surface area contributed by atoms with Crippen molar-refractivity contribution in [1.82, 2.24) is 5.06 Å². The van der Waals surface area contributed by atoms with Gasteiger partial charge in [-0.25, -0.2) is 18.8 Å². The highest BCUT2D eigenvalue weighted by molar-refractivity contribution is 9.10. The largest absolute Gasteiger partial charge is 0.286 e. The molecular weight excluding hydrogens is 354 g/mol. The third-order valence-electron chi connectivity index (χ3n) is 3.34. The molecule has 112 valence electrons. The van der Waals surface area contributed by atoms with Crippen molar-refractivity contribution in [2.24, 2.45) is 4.99 Å². The lowest BCUT2D eigenvalue weighted by molar-refractivity contribution is -0.0410. The maximum absolute atomic E-state index is 13.9. The number of aliphatic imine (C=N–C) groups is 1. The molecule has 0 amide bonds. The fourth-order valence-electron chi connectivity index (χ4n) is 2.27. The standard InChI is InChI=1S/C16H11BrF2N2O/c17-11-6-4-10(5-7-11)14-8-9-20-16(21(14)22)15-12(18)2-1-3-13(15)19/h1-9,14,22H. The predicted molar refractivity (Wildman–Crippen MR) is 82.5 cm³/mol. The highest BCUT2D eigenvalue weighted by atomic mass is 79.9. The van der Waals surface area contributed by atoms with Crippen molar-refractivity contribution in [3.63, 3.8) is 0 Å². The van der Waals surface area contributed by atoms with Gasteiger partial charge in [0.25, 0.3) is 0 Å². The fourth-order valence-corrected chi connectivity index (χ4v) is 2.53. The number of benzene rings is 2. The molecule has 0 saturated carbocycles. The lowest BCUT2D eigenvalue weighted by Crippen LogP contribution is -2.34. The zero-order chi connectivity index (χ0) is 15.7. The van der Waals surface area contributed by atoms with Crippen molar-refractivity contribution < 1.29 is 14.0 Å². The van der Waals surface area contributed by atoms with E-state index in [0.29, 0.717) is 0 Å². The van der Waals surface area contributed by atoms with Crippen molar-refractivity contribution in [3.8, 4) is 0 Å². The number of nitrogens with zero attached hydrogens (tertiary/aromatic N) is 2. The molecule has 6 heteroatoms. The SMILES string of the molecule is ON1C(c2c(F)cccc2F)=NC=CC1c1ccc(Br)cc1. The van der Waals surface area contributed by atoms with Crippen LogP contribution < -0.4 is 0 Å². The summed E-state index contributed by atoms with van der Waals surface area (Å²) in [6, 6.07) is 10.2. The van der Waals surface area contributed by atoms with Crippen LogP contribution in [-0.2, 0) is 0 Å². The Kier molecular flexibility index (Phi) is 4.04. The number of hydroxylamine groups is 2. The van der Waals surface area contributed by atoms with Crippen LogP contribution in [0, 0.1) is 11.6 Å². The highest BCUT2D eigenvalue weighted by Crippen LogP contribution is 2.28. The minimum absolute atomic E-state index is 0.161. The van der Waals surface area contributed by atoms with E-state index in [1.54, 1.807) is 6.08 Å². The van der Waals surface area contributed by atoms with Crippen LogP contribution in [-0.4, -0.2) is 16.1 Å². The number of amidine groups is 1. The summed E-state index contributed by atoms with van der Waals surface area (Å²) in [4.78, 5) is 3.92. The molecule has 0 bridgehead atoms. The van der Waals surface area contributed by atoms with Crippen LogP contribution >= 0.6 is 15.9 Å². The average Bonchev–Trinajstić information content (AvgIpc) is 2.50. The Morgan fingerprint density at radius 3 is 2.32 bits per heavy atom. The smallest absolute Gasteiger partial charge is 0.166 e. The van der Waals surface area contributed by atoms with E-state index < -0.39 is 17.7 Å². The van der Waals surface area contributed by atoms with E-state index in [0.717, 1.165) is 27.2 Å². The molecule has 2 aromatic rings. The van der Waals surface area contributed by atoms with Gasteiger partial charge in [0.1, 0.15) is 17.7 Å². The molecule has 1 aliphatic rings. The van der Waals surface area contributed by atoms with E-state index in [2.05, 4.69) is 20.9 Å². The van der Waals surface area contributed by atoms with E-state index >= 15 is 0 Å². The van der Waals surface area contributed by atoms with Gasteiger partial charge in [-0.2, -0.15) is 0 Å².